The van der Waals surface area contributed by atoms with Crippen LogP contribution in [0.5, 0.6) is 0 Å². The Hall–Kier alpha value is -1.46. The van der Waals surface area contributed by atoms with Gasteiger partial charge in [-0.2, -0.15) is 0 Å². The van der Waals surface area contributed by atoms with E-state index in [4.69, 9.17) is 0 Å². The molecule has 2 heterocycles. The van der Waals surface area contributed by atoms with Crippen molar-refractivity contribution in [3.63, 3.8) is 0 Å². The molecular formula is C16H22N2O3. The van der Waals surface area contributed by atoms with E-state index in [2.05, 4.69) is 4.98 Å². The fourth-order valence-electron chi connectivity index (χ4n) is 3.76. The van der Waals surface area contributed by atoms with Crippen molar-refractivity contribution >= 4 is 5.91 Å². The van der Waals surface area contributed by atoms with Crippen molar-refractivity contribution in [1.29, 1.82) is 0 Å². The number of carbonyl (C=O) groups excluding carboxylic acids is 1. The summed E-state index contributed by atoms with van der Waals surface area (Å²) in [5.74, 6) is 0.0493. The molecule has 5 heteroatoms. The summed E-state index contributed by atoms with van der Waals surface area (Å²) in [7, 11) is 0. The van der Waals surface area contributed by atoms with Gasteiger partial charge in [-0.25, -0.2) is 0 Å². The summed E-state index contributed by atoms with van der Waals surface area (Å²) < 4.78 is 0. The molecule has 0 bridgehead atoms. The number of aliphatic hydroxyl groups excluding tert-OH is 1. The van der Waals surface area contributed by atoms with Gasteiger partial charge in [0.1, 0.15) is 0 Å². The topological polar surface area (TPSA) is 73.7 Å². The molecule has 0 aromatic carbocycles. The highest BCUT2D eigenvalue weighted by molar-refractivity contribution is 5.83. The number of rotatable bonds is 3. The first-order valence-corrected chi connectivity index (χ1v) is 7.50. The van der Waals surface area contributed by atoms with Crippen LogP contribution in [-0.4, -0.2) is 44.3 Å². The van der Waals surface area contributed by atoms with Gasteiger partial charge in [0, 0.05) is 18.9 Å². The lowest BCUT2D eigenvalue weighted by Crippen LogP contribution is -2.58. The third kappa shape index (κ3) is 2.07. The number of amides is 1. The molecule has 5 nitrogen and oxygen atoms in total. The second-order valence-electron chi connectivity index (χ2n) is 6.74. The lowest BCUT2D eigenvalue weighted by molar-refractivity contribution is -0.162. The Morgan fingerprint density at radius 2 is 2.29 bits per heavy atom. The molecule has 1 unspecified atom stereocenters. The number of likely N-dealkylation sites (tertiary alicyclic amines) is 1. The third-order valence-corrected chi connectivity index (χ3v) is 5.06. The zero-order chi connectivity index (χ0) is 15.3. The zero-order valence-corrected chi connectivity index (χ0v) is 12.5. The van der Waals surface area contributed by atoms with Crippen LogP contribution in [-0.2, 0) is 10.3 Å². The molecule has 1 saturated heterocycles. The van der Waals surface area contributed by atoms with E-state index in [1.54, 1.807) is 11.1 Å². The third-order valence-electron chi connectivity index (χ3n) is 5.06. The average molecular weight is 290 g/mol. The molecule has 1 aromatic heterocycles. The lowest BCUT2D eigenvalue weighted by Gasteiger charge is -2.51. The van der Waals surface area contributed by atoms with Gasteiger partial charge in [0.25, 0.3) is 5.91 Å². The molecule has 1 aliphatic heterocycles. The molecular weight excluding hydrogens is 268 g/mol. The molecule has 3 atom stereocenters. The van der Waals surface area contributed by atoms with Crippen LogP contribution in [0.15, 0.2) is 24.5 Å². The Kier molecular flexibility index (Phi) is 3.30. The standard InChI is InChI=1S/C16H22N2O3/c1-15(2,21)13(19)14(20)18-9-6-11-5-7-16(11,18)12-4-3-8-17-10-12/h3-4,8,10-11,13,19,21H,5-7,9H2,1-2H3/t11-,13?,16-/m0/s1. The summed E-state index contributed by atoms with van der Waals surface area (Å²) in [5.41, 5.74) is -0.734. The molecule has 114 valence electrons. The summed E-state index contributed by atoms with van der Waals surface area (Å²) in [5, 5.41) is 20.1. The molecule has 2 aliphatic rings. The summed E-state index contributed by atoms with van der Waals surface area (Å²) >= 11 is 0. The SMILES string of the molecule is CC(C)(O)C(O)C(=O)N1CC[C@@H]2CC[C@@]21c1cccnc1. The van der Waals surface area contributed by atoms with Gasteiger partial charge in [0.15, 0.2) is 6.10 Å². The minimum Gasteiger partial charge on any atom is -0.387 e. The van der Waals surface area contributed by atoms with E-state index in [1.807, 2.05) is 18.3 Å². The van der Waals surface area contributed by atoms with Crippen LogP contribution < -0.4 is 0 Å². The smallest absolute Gasteiger partial charge is 0.255 e. The minimum atomic E-state index is -1.44. The van der Waals surface area contributed by atoms with Gasteiger partial charge in [0.2, 0.25) is 0 Å². The lowest BCUT2D eigenvalue weighted by atomic mass is 9.64. The minimum absolute atomic E-state index is 0.336. The number of carbonyl (C=O) groups is 1. The van der Waals surface area contributed by atoms with E-state index >= 15 is 0 Å². The fraction of sp³-hybridized carbons (Fsp3) is 0.625. The van der Waals surface area contributed by atoms with E-state index < -0.39 is 11.7 Å². The van der Waals surface area contributed by atoms with Crippen molar-refractivity contribution in [2.75, 3.05) is 6.54 Å². The highest BCUT2D eigenvalue weighted by Gasteiger charge is 2.58. The normalized spacial score (nSPS) is 29.7. The highest BCUT2D eigenvalue weighted by atomic mass is 16.3. The second-order valence-corrected chi connectivity index (χ2v) is 6.74. The van der Waals surface area contributed by atoms with Gasteiger partial charge in [-0.1, -0.05) is 6.07 Å². The number of hydrogen-bond donors (Lipinski definition) is 2. The Balaban J connectivity index is 1.94. The zero-order valence-electron chi connectivity index (χ0n) is 12.5. The molecule has 2 N–H and O–H groups in total. The van der Waals surface area contributed by atoms with E-state index in [0.29, 0.717) is 12.5 Å². The molecule has 3 rings (SSSR count). The van der Waals surface area contributed by atoms with E-state index in [0.717, 1.165) is 24.8 Å². The predicted molar refractivity (Wildman–Crippen MR) is 77.3 cm³/mol. The predicted octanol–water partition coefficient (Wildman–Crippen LogP) is 1.05. The van der Waals surface area contributed by atoms with Crippen molar-refractivity contribution in [3.05, 3.63) is 30.1 Å². The maximum Gasteiger partial charge on any atom is 0.255 e. The number of aliphatic hydroxyl groups is 2. The molecule has 1 aliphatic carbocycles. The van der Waals surface area contributed by atoms with Crippen molar-refractivity contribution < 1.29 is 15.0 Å². The molecule has 1 saturated carbocycles. The largest absolute Gasteiger partial charge is 0.387 e. The van der Waals surface area contributed by atoms with Crippen LogP contribution >= 0.6 is 0 Å². The molecule has 21 heavy (non-hydrogen) atoms. The molecule has 1 aromatic rings. The monoisotopic (exact) mass is 290 g/mol. The Bertz CT molecular complexity index is 540. The number of fused-ring (bicyclic) bond motifs is 1. The summed E-state index contributed by atoms with van der Waals surface area (Å²) in [6.07, 6.45) is 5.07. The van der Waals surface area contributed by atoms with E-state index in [1.165, 1.54) is 13.8 Å². The second kappa shape index (κ2) is 4.78. The number of aromatic nitrogens is 1. The van der Waals surface area contributed by atoms with Crippen molar-refractivity contribution in [2.45, 2.75) is 50.4 Å². The van der Waals surface area contributed by atoms with E-state index in [-0.39, 0.29) is 11.4 Å². The summed E-state index contributed by atoms with van der Waals surface area (Å²) in [6, 6.07) is 3.88. The van der Waals surface area contributed by atoms with Crippen molar-refractivity contribution in [3.8, 4) is 0 Å². The number of pyridine rings is 1. The van der Waals surface area contributed by atoms with Gasteiger partial charge >= 0.3 is 0 Å². The molecule has 0 spiro atoms. The first kappa shape index (κ1) is 14.5. The van der Waals surface area contributed by atoms with Crippen LogP contribution in [0, 0.1) is 5.92 Å². The molecule has 1 amide bonds. The van der Waals surface area contributed by atoms with Gasteiger partial charge in [-0.15, -0.1) is 0 Å². The van der Waals surface area contributed by atoms with Gasteiger partial charge < -0.3 is 15.1 Å². The Morgan fingerprint density at radius 3 is 2.81 bits per heavy atom. The molecule has 0 radical (unpaired) electrons. The van der Waals surface area contributed by atoms with Gasteiger partial charge in [-0.05, 0) is 50.7 Å². The quantitative estimate of drug-likeness (QED) is 0.872. The van der Waals surface area contributed by atoms with E-state index in [9.17, 15) is 15.0 Å². The van der Waals surface area contributed by atoms with Gasteiger partial charge in [-0.3, -0.25) is 9.78 Å². The van der Waals surface area contributed by atoms with Crippen LogP contribution in [0.2, 0.25) is 0 Å². The Labute approximate surface area is 124 Å². The van der Waals surface area contributed by atoms with Crippen molar-refractivity contribution in [1.82, 2.24) is 9.88 Å². The maximum absolute atomic E-state index is 12.7. The fourth-order valence-corrected chi connectivity index (χ4v) is 3.76. The van der Waals surface area contributed by atoms with Crippen LogP contribution in [0.4, 0.5) is 0 Å². The van der Waals surface area contributed by atoms with Gasteiger partial charge in [0.05, 0.1) is 11.1 Å². The van der Waals surface area contributed by atoms with Crippen molar-refractivity contribution in [2.24, 2.45) is 5.92 Å². The number of hydrogen-bond acceptors (Lipinski definition) is 4. The number of nitrogens with zero attached hydrogens (tertiary/aromatic N) is 2. The first-order valence-electron chi connectivity index (χ1n) is 7.50. The highest BCUT2D eigenvalue weighted by Crippen LogP contribution is 2.56. The van der Waals surface area contributed by atoms with Crippen LogP contribution in [0.25, 0.3) is 0 Å². The summed E-state index contributed by atoms with van der Waals surface area (Å²) in [4.78, 5) is 18.6. The first-order chi connectivity index (χ1) is 9.87. The maximum atomic E-state index is 12.7. The summed E-state index contributed by atoms with van der Waals surface area (Å²) in [6.45, 7) is 3.55. The van der Waals surface area contributed by atoms with Crippen LogP contribution in [0.3, 0.4) is 0 Å². The average Bonchev–Trinajstić information content (AvgIpc) is 2.69. The van der Waals surface area contributed by atoms with Crippen LogP contribution in [0.1, 0.15) is 38.7 Å². The molecule has 2 fully saturated rings. The Morgan fingerprint density at radius 1 is 1.52 bits per heavy atom.